The average Bonchev–Trinajstić information content (AvgIpc) is 3.28. The van der Waals surface area contributed by atoms with Crippen molar-refractivity contribution in [1.29, 1.82) is 0 Å². The van der Waals surface area contributed by atoms with E-state index < -0.39 is 0 Å². The molecule has 2 atom stereocenters. The van der Waals surface area contributed by atoms with Gasteiger partial charge in [0, 0.05) is 25.9 Å². The second kappa shape index (κ2) is 6.04. The second-order valence-corrected chi connectivity index (χ2v) is 7.05. The summed E-state index contributed by atoms with van der Waals surface area (Å²) in [6.07, 6.45) is 4.60. The Bertz CT molecular complexity index is 727. The predicted molar refractivity (Wildman–Crippen MR) is 89.4 cm³/mol. The van der Waals surface area contributed by atoms with Crippen LogP contribution in [-0.4, -0.2) is 34.0 Å². The molecule has 2 fully saturated rings. The number of hydrogen-bond donors (Lipinski definition) is 0. The van der Waals surface area contributed by atoms with Crippen molar-refractivity contribution >= 4 is 5.91 Å². The van der Waals surface area contributed by atoms with Crippen molar-refractivity contribution in [2.75, 3.05) is 13.1 Å². The first-order valence-corrected chi connectivity index (χ1v) is 8.86. The van der Waals surface area contributed by atoms with Gasteiger partial charge in [0.1, 0.15) is 0 Å². The molecule has 1 aromatic carbocycles. The van der Waals surface area contributed by atoms with Crippen molar-refractivity contribution < 1.29 is 9.32 Å². The number of rotatable bonds is 4. The molecule has 2 heterocycles. The van der Waals surface area contributed by atoms with Crippen LogP contribution in [0.15, 0.2) is 34.9 Å². The van der Waals surface area contributed by atoms with Gasteiger partial charge in [-0.1, -0.05) is 48.8 Å². The van der Waals surface area contributed by atoms with Gasteiger partial charge < -0.3 is 9.42 Å². The number of carbonyl (C=O) groups is 1. The molecule has 2 aliphatic rings. The maximum Gasteiger partial charge on any atom is 0.235 e. The molecule has 24 heavy (non-hydrogen) atoms. The van der Waals surface area contributed by atoms with Gasteiger partial charge >= 0.3 is 0 Å². The van der Waals surface area contributed by atoms with E-state index in [1.54, 1.807) is 0 Å². The lowest BCUT2D eigenvalue weighted by Crippen LogP contribution is -2.34. The molecule has 1 amide bonds. The lowest BCUT2D eigenvalue weighted by Gasteiger charge is -2.24. The molecule has 5 heteroatoms. The molecule has 0 N–H and O–H groups in total. The van der Waals surface area contributed by atoms with Crippen molar-refractivity contribution in [1.82, 2.24) is 15.0 Å². The molecular formula is C19H23N3O2. The number of amides is 1. The van der Waals surface area contributed by atoms with Crippen molar-refractivity contribution in [3.8, 4) is 0 Å². The van der Waals surface area contributed by atoms with Crippen LogP contribution in [-0.2, 0) is 16.6 Å². The topological polar surface area (TPSA) is 59.2 Å². The Balaban J connectivity index is 1.57. The van der Waals surface area contributed by atoms with E-state index in [0.717, 1.165) is 37.6 Å². The van der Waals surface area contributed by atoms with Gasteiger partial charge in [-0.15, -0.1) is 0 Å². The molecule has 1 aromatic heterocycles. The van der Waals surface area contributed by atoms with Crippen molar-refractivity contribution in [3.63, 3.8) is 0 Å². The van der Waals surface area contributed by atoms with Crippen LogP contribution in [0.5, 0.6) is 0 Å². The number of likely N-dealkylation sites (tertiary alicyclic amines) is 1. The Hall–Kier alpha value is -2.17. The number of fused-ring (bicyclic) bond motifs is 1. The Morgan fingerprint density at radius 2 is 2.21 bits per heavy atom. The maximum atomic E-state index is 12.1. The van der Waals surface area contributed by atoms with Gasteiger partial charge in [0.25, 0.3) is 0 Å². The van der Waals surface area contributed by atoms with Crippen LogP contribution in [0.1, 0.15) is 49.9 Å². The normalized spacial score (nSPS) is 25.9. The quantitative estimate of drug-likeness (QED) is 0.867. The smallest absolute Gasteiger partial charge is 0.235 e. The van der Waals surface area contributed by atoms with E-state index >= 15 is 0 Å². The Kier molecular flexibility index (Phi) is 3.87. The first kappa shape index (κ1) is 15.4. The van der Waals surface area contributed by atoms with E-state index in [1.165, 1.54) is 12.0 Å². The van der Waals surface area contributed by atoms with Gasteiger partial charge in [0.2, 0.25) is 11.8 Å². The van der Waals surface area contributed by atoms with Crippen molar-refractivity contribution in [3.05, 3.63) is 47.6 Å². The van der Waals surface area contributed by atoms with Crippen LogP contribution in [0.4, 0.5) is 0 Å². The third kappa shape index (κ3) is 2.52. The minimum atomic E-state index is -0.118. The third-order valence-electron chi connectivity index (χ3n) is 5.62. The molecule has 1 saturated heterocycles. The average molecular weight is 325 g/mol. The number of nitrogens with zero attached hydrogens (tertiary/aromatic N) is 3. The van der Waals surface area contributed by atoms with Crippen LogP contribution >= 0.6 is 0 Å². The summed E-state index contributed by atoms with van der Waals surface area (Å²) in [5.41, 5.74) is 1.06. The molecule has 4 rings (SSSR count). The summed E-state index contributed by atoms with van der Waals surface area (Å²) in [7, 11) is 0. The molecule has 0 bridgehead atoms. The summed E-state index contributed by atoms with van der Waals surface area (Å²) >= 11 is 0. The number of benzene rings is 1. The second-order valence-electron chi connectivity index (χ2n) is 7.05. The summed E-state index contributed by atoms with van der Waals surface area (Å²) in [6.45, 7) is 3.49. The lowest BCUT2D eigenvalue weighted by molar-refractivity contribution is -0.130. The summed E-state index contributed by atoms with van der Waals surface area (Å²) in [5.74, 6) is 2.16. The molecule has 1 aliphatic heterocycles. The zero-order chi connectivity index (χ0) is 16.6. The molecule has 0 spiro atoms. The fourth-order valence-corrected chi connectivity index (χ4v) is 4.36. The highest BCUT2D eigenvalue weighted by Crippen LogP contribution is 2.50. The van der Waals surface area contributed by atoms with E-state index in [-0.39, 0.29) is 11.3 Å². The summed E-state index contributed by atoms with van der Waals surface area (Å²) in [5, 5.41) is 4.21. The predicted octanol–water partition coefficient (Wildman–Crippen LogP) is 2.95. The zero-order valence-electron chi connectivity index (χ0n) is 14.1. The molecule has 1 aliphatic carbocycles. The van der Waals surface area contributed by atoms with Crippen LogP contribution in [0, 0.1) is 5.92 Å². The van der Waals surface area contributed by atoms with Crippen LogP contribution in [0.25, 0.3) is 0 Å². The minimum absolute atomic E-state index is 0.118. The van der Waals surface area contributed by atoms with Crippen LogP contribution in [0.2, 0.25) is 0 Å². The monoisotopic (exact) mass is 325 g/mol. The number of carbonyl (C=O) groups excluding carboxylic acids is 1. The fraction of sp³-hybridized carbons (Fsp3) is 0.526. The van der Waals surface area contributed by atoms with Gasteiger partial charge in [-0.25, -0.2) is 0 Å². The van der Waals surface area contributed by atoms with E-state index in [9.17, 15) is 4.79 Å². The standard InChI is InChI=1S/C19H23N3O2/c1-2-17(23)22-12-15-9-6-10-19(15,13-22)18-20-16(21-24-18)11-14-7-4-3-5-8-14/h3-5,7-8,15H,2,6,9-13H2,1H3/t15-,19-/m1/s1. The molecule has 1 saturated carbocycles. The Morgan fingerprint density at radius 3 is 3.00 bits per heavy atom. The fourth-order valence-electron chi connectivity index (χ4n) is 4.36. The maximum absolute atomic E-state index is 12.1. The van der Waals surface area contributed by atoms with Crippen LogP contribution < -0.4 is 0 Å². The van der Waals surface area contributed by atoms with Crippen molar-refractivity contribution in [2.45, 2.75) is 44.4 Å². The number of hydrogen-bond acceptors (Lipinski definition) is 4. The molecule has 126 valence electrons. The third-order valence-corrected chi connectivity index (χ3v) is 5.62. The van der Waals surface area contributed by atoms with Gasteiger partial charge in [-0.3, -0.25) is 4.79 Å². The Morgan fingerprint density at radius 1 is 1.38 bits per heavy atom. The first-order valence-electron chi connectivity index (χ1n) is 8.86. The van der Waals surface area contributed by atoms with E-state index in [2.05, 4.69) is 17.3 Å². The molecule has 5 nitrogen and oxygen atoms in total. The van der Waals surface area contributed by atoms with Gasteiger partial charge in [0.15, 0.2) is 5.82 Å². The highest BCUT2D eigenvalue weighted by atomic mass is 16.5. The van der Waals surface area contributed by atoms with Gasteiger partial charge in [-0.2, -0.15) is 4.98 Å². The van der Waals surface area contributed by atoms with Gasteiger partial charge in [-0.05, 0) is 24.3 Å². The molecule has 0 unspecified atom stereocenters. The SMILES string of the molecule is CCC(=O)N1C[C@H]2CCC[C@@]2(c2nc(Cc3ccccc3)no2)C1. The van der Waals surface area contributed by atoms with Gasteiger partial charge in [0.05, 0.1) is 5.41 Å². The lowest BCUT2D eigenvalue weighted by atomic mass is 9.80. The van der Waals surface area contributed by atoms with Crippen LogP contribution in [0.3, 0.4) is 0 Å². The van der Waals surface area contributed by atoms with Crippen molar-refractivity contribution in [2.24, 2.45) is 5.92 Å². The largest absolute Gasteiger partial charge is 0.341 e. The highest BCUT2D eigenvalue weighted by Gasteiger charge is 2.54. The summed E-state index contributed by atoms with van der Waals surface area (Å²) < 4.78 is 5.69. The highest BCUT2D eigenvalue weighted by molar-refractivity contribution is 5.76. The zero-order valence-corrected chi connectivity index (χ0v) is 14.1. The Labute approximate surface area is 142 Å². The van der Waals surface area contributed by atoms with E-state index in [4.69, 9.17) is 9.51 Å². The summed E-state index contributed by atoms with van der Waals surface area (Å²) in [4.78, 5) is 18.8. The number of aromatic nitrogens is 2. The van der Waals surface area contributed by atoms with E-state index in [1.807, 2.05) is 30.0 Å². The van der Waals surface area contributed by atoms with E-state index in [0.29, 0.717) is 18.8 Å². The first-order chi connectivity index (χ1) is 11.7. The molecule has 2 aromatic rings. The summed E-state index contributed by atoms with van der Waals surface area (Å²) in [6, 6.07) is 10.2. The minimum Gasteiger partial charge on any atom is -0.341 e. The molecular weight excluding hydrogens is 302 g/mol. The molecule has 0 radical (unpaired) electrons.